The van der Waals surface area contributed by atoms with Gasteiger partial charge in [-0.15, -0.1) is 0 Å². The number of carbonyl (C=O) groups is 1. The number of carbonyl (C=O) groups excluding carboxylic acids is 1. The van der Waals surface area contributed by atoms with Gasteiger partial charge in [0.2, 0.25) is 0 Å². The van der Waals surface area contributed by atoms with E-state index in [1.165, 1.54) is 0 Å². The predicted molar refractivity (Wildman–Crippen MR) is 87.7 cm³/mol. The maximum Gasteiger partial charge on any atom is 0.343 e. The third kappa shape index (κ3) is 4.10. The lowest BCUT2D eigenvalue weighted by Gasteiger charge is -2.10. The Morgan fingerprint density at radius 3 is 2.45 bits per heavy atom. The van der Waals surface area contributed by atoms with Crippen LogP contribution in [0.15, 0.2) is 42.5 Å². The van der Waals surface area contributed by atoms with Gasteiger partial charge in [-0.1, -0.05) is 25.5 Å². The number of esters is 1. The van der Waals surface area contributed by atoms with Crippen LogP contribution in [0.2, 0.25) is 0 Å². The first-order chi connectivity index (χ1) is 10.6. The number of ether oxygens (including phenoxy) is 2. The quantitative estimate of drug-likeness (QED) is 0.440. The molecule has 3 nitrogen and oxygen atoms in total. The van der Waals surface area contributed by atoms with Crippen molar-refractivity contribution in [2.24, 2.45) is 0 Å². The molecule has 0 amide bonds. The summed E-state index contributed by atoms with van der Waals surface area (Å²) in [4.78, 5) is 12.2. The van der Waals surface area contributed by atoms with Crippen molar-refractivity contribution in [1.29, 1.82) is 0 Å². The largest absolute Gasteiger partial charge is 0.494 e. The van der Waals surface area contributed by atoms with Gasteiger partial charge in [0.15, 0.2) is 0 Å². The topological polar surface area (TPSA) is 35.5 Å². The number of rotatable bonds is 6. The molecule has 2 aromatic rings. The van der Waals surface area contributed by atoms with E-state index in [-0.39, 0.29) is 5.97 Å². The van der Waals surface area contributed by atoms with Crippen molar-refractivity contribution in [1.82, 2.24) is 0 Å². The van der Waals surface area contributed by atoms with Gasteiger partial charge in [-0.05, 0) is 61.7 Å². The molecule has 0 aliphatic rings. The zero-order valence-electron chi connectivity index (χ0n) is 13.4. The Morgan fingerprint density at radius 1 is 1.05 bits per heavy atom. The zero-order chi connectivity index (χ0) is 15.9. The zero-order valence-corrected chi connectivity index (χ0v) is 13.4. The number of unbranched alkanes of at least 4 members (excludes halogenated alkanes) is 1. The summed E-state index contributed by atoms with van der Waals surface area (Å²) >= 11 is 0. The molecule has 0 bridgehead atoms. The van der Waals surface area contributed by atoms with Gasteiger partial charge in [-0.2, -0.15) is 0 Å². The maximum atomic E-state index is 12.2. The number of benzene rings is 2. The van der Waals surface area contributed by atoms with Gasteiger partial charge in [0.25, 0.3) is 0 Å². The highest BCUT2D eigenvalue weighted by Crippen LogP contribution is 2.22. The van der Waals surface area contributed by atoms with Crippen molar-refractivity contribution < 1.29 is 14.3 Å². The molecule has 0 unspecified atom stereocenters. The van der Waals surface area contributed by atoms with E-state index in [4.69, 9.17) is 9.47 Å². The molecule has 0 atom stereocenters. The Bertz CT molecular complexity index is 630. The molecule has 0 aliphatic carbocycles. The minimum atomic E-state index is -0.353. The molecule has 2 rings (SSSR count). The molecule has 0 N–H and O–H groups in total. The highest BCUT2D eigenvalue weighted by molar-refractivity contribution is 5.91. The first-order valence-electron chi connectivity index (χ1n) is 7.63. The third-order valence-corrected chi connectivity index (χ3v) is 3.61. The Labute approximate surface area is 131 Å². The van der Waals surface area contributed by atoms with E-state index in [2.05, 4.69) is 6.92 Å². The molecule has 22 heavy (non-hydrogen) atoms. The third-order valence-electron chi connectivity index (χ3n) is 3.61. The molecule has 0 fully saturated rings. The second-order valence-corrected chi connectivity index (χ2v) is 5.31. The van der Waals surface area contributed by atoms with Gasteiger partial charge in [0, 0.05) is 0 Å². The van der Waals surface area contributed by atoms with Crippen molar-refractivity contribution in [3.05, 3.63) is 59.2 Å². The molecule has 0 aliphatic heterocycles. The van der Waals surface area contributed by atoms with Crippen molar-refractivity contribution in [2.45, 2.75) is 33.6 Å². The second-order valence-electron chi connectivity index (χ2n) is 5.31. The van der Waals surface area contributed by atoms with Gasteiger partial charge >= 0.3 is 5.97 Å². The molecular weight excluding hydrogens is 276 g/mol. The number of aryl methyl sites for hydroxylation is 1. The molecule has 116 valence electrons. The van der Waals surface area contributed by atoms with Gasteiger partial charge in [-0.25, -0.2) is 4.79 Å². The SMILES string of the molecule is CCCCOc1ccc(C(=O)Oc2cccc(C)c2C)cc1. The van der Waals surface area contributed by atoms with E-state index < -0.39 is 0 Å². The average Bonchev–Trinajstić information content (AvgIpc) is 2.53. The minimum absolute atomic E-state index is 0.353. The lowest BCUT2D eigenvalue weighted by atomic mass is 10.1. The van der Waals surface area contributed by atoms with E-state index in [0.717, 1.165) is 29.7 Å². The molecule has 3 heteroatoms. The summed E-state index contributed by atoms with van der Waals surface area (Å²) in [6, 6.07) is 12.8. The summed E-state index contributed by atoms with van der Waals surface area (Å²) in [7, 11) is 0. The Kier molecular flexibility index (Phi) is 5.59. The van der Waals surface area contributed by atoms with E-state index in [1.54, 1.807) is 24.3 Å². The molecule has 0 heterocycles. The van der Waals surface area contributed by atoms with Gasteiger partial charge in [0.05, 0.1) is 12.2 Å². The summed E-state index contributed by atoms with van der Waals surface area (Å²) in [5.41, 5.74) is 2.60. The highest BCUT2D eigenvalue weighted by Gasteiger charge is 2.11. The van der Waals surface area contributed by atoms with Crippen molar-refractivity contribution in [3.8, 4) is 11.5 Å². The smallest absolute Gasteiger partial charge is 0.343 e. The Balaban J connectivity index is 2.02. The summed E-state index contributed by atoms with van der Waals surface area (Å²) in [6.45, 7) is 6.76. The summed E-state index contributed by atoms with van der Waals surface area (Å²) in [6.07, 6.45) is 2.12. The van der Waals surface area contributed by atoms with Crippen LogP contribution in [0.4, 0.5) is 0 Å². The molecule has 2 aromatic carbocycles. The fourth-order valence-electron chi connectivity index (χ4n) is 2.02. The van der Waals surface area contributed by atoms with Crippen molar-refractivity contribution in [2.75, 3.05) is 6.61 Å². The fraction of sp³-hybridized carbons (Fsp3) is 0.316. The highest BCUT2D eigenvalue weighted by atomic mass is 16.5. The van der Waals surface area contributed by atoms with Crippen LogP contribution in [0, 0.1) is 13.8 Å². The van der Waals surface area contributed by atoms with Gasteiger partial charge in [-0.3, -0.25) is 0 Å². The minimum Gasteiger partial charge on any atom is -0.494 e. The molecular formula is C19H22O3. The predicted octanol–water partition coefficient (Wildman–Crippen LogP) is 4.70. The fourth-order valence-corrected chi connectivity index (χ4v) is 2.02. The second kappa shape index (κ2) is 7.64. The Hall–Kier alpha value is -2.29. The van der Waals surface area contributed by atoms with Crippen LogP contribution in [0.1, 0.15) is 41.3 Å². The van der Waals surface area contributed by atoms with E-state index in [9.17, 15) is 4.79 Å². The standard InChI is InChI=1S/C19H22O3/c1-4-5-13-21-17-11-9-16(10-12-17)19(20)22-18-8-6-7-14(2)15(18)3/h6-12H,4-5,13H2,1-3H3. The normalized spacial score (nSPS) is 10.3. The monoisotopic (exact) mass is 298 g/mol. The van der Waals surface area contributed by atoms with Crippen LogP contribution in [0.5, 0.6) is 11.5 Å². The van der Waals surface area contributed by atoms with E-state index >= 15 is 0 Å². The van der Waals surface area contributed by atoms with Crippen LogP contribution in [-0.2, 0) is 0 Å². The van der Waals surface area contributed by atoms with E-state index in [0.29, 0.717) is 17.9 Å². The summed E-state index contributed by atoms with van der Waals surface area (Å²) < 4.78 is 11.1. The molecule has 0 saturated carbocycles. The number of hydrogen-bond acceptors (Lipinski definition) is 3. The molecule has 0 aromatic heterocycles. The van der Waals surface area contributed by atoms with E-state index in [1.807, 2.05) is 32.0 Å². The van der Waals surface area contributed by atoms with Crippen LogP contribution >= 0.6 is 0 Å². The Morgan fingerprint density at radius 2 is 1.77 bits per heavy atom. The van der Waals surface area contributed by atoms with Crippen molar-refractivity contribution in [3.63, 3.8) is 0 Å². The van der Waals surface area contributed by atoms with Crippen LogP contribution in [0.25, 0.3) is 0 Å². The average molecular weight is 298 g/mol. The molecule has 0 saturated heterocycles. The lowest BCUT2D eigenvalue weighted by Crippen LogP contribution is -2.09. The maximum absolute atomic E-state index is 12.2. The summed E-state index contributed by atoms with van der Waals surface area (Å²) in [5, 5.41) is 0. The first kappa shape index (κ1) is 16.1. The van der Waals surface area contributed by atoms with Crippen LogP contribution in [-0.4, -0.2) is 12.6 Å². The van der Waals surface area contributed by atoms with Crippen molar-refractivity contribution >= 4 is 5.97 Å². The lowest BCUT2D eigenvalue weighted by molar-refractivity contribution is 0.0733. The van der Waals surface area contributed by atoms with Crippen LogP contribution < -0.4 is 9.47 Å². The first-order valence-corrected chi connectivity index (χ1v) is 7.63. The molecule has 0 radical (unpaired) electrons. The number of hydrogen-bond donors (Lipinski definition) is 0. The van der Waals surface area contributed by atoms with Gasteiger partial charge in [0.1, 0.15) is 11.5 Å². The summed E-state index contributed by atoms with van der Waals surface area (Å²) in [5.74, 6) is 1.03. The van der Waals surface area contributed by atoms with Gasteiger partial charge < -0.3 is 9.47 Å². The van der Waals surface area contributed by atoms with Crippen LogP contribution in [0.3, 0.4) is 0 Å². The molecule has 0 spiro atoms.